The van der Waals surface area contributed by atoms with Crippen molar-refractivity contribution in [2.45, 2.75) is 56.7 Å². The van der Waals surface area contributed by atoms with Crippen molar-refractivity contribution in [2.75, 3.05) is 17.7 Å². The number of fused-ring (bicyclic) bond motifs is 1. The summed E-state index contributed by atoms with van der Waals surface area (Å²) >= 11 is 1.36. The van der Waals surface area contributed by atoms with Crippen LogP contribution in [0.15, 0.2) is 34.1 Å². The number of benzene rings is 1. The summed E-state index contributed by atoms with van der Waals surface area (Å²) in [5.41, 5.74) is 3.87. The van der Waals surface area contributed by atoms with Crippen LogP contribution < -0.4 is 11.0 Å². The van der Waals surface area contributed by atoms with Crippen LogP contribution in [0.4, 0.5) is 5.69 Å². The summed E-state index contributed by atoms with van der Waals surface area (Å²) in [4.78, 5) is 29.3. The molecule has 0 spiro atoms. The minimum Gasteiger partial charge on any atom is -0.376 e. The van der Waals surface area contributed by atoms with E-state index in [0.717, 1.165) is 61.2 Å². The van der Waals surface area contributed by atoms with Gasteiger partial charge in [0, 0.05) is 23.6 Å². The molecule has 1 N–H and O–H groups in total. The number of nitrogens with one attached hydrogen (secondary N) is 1. The number of hydrogen-bond donors (Lipinski definition) is 1. The molecule has 2 aliphatic rings. The molecule has 4 rings (SSSR count). The normalized spacial score (nSPS) is 18.2. The highest BCUT2D eigenvalue weighted by atomic mass is 32.2. The van der Waals surface area contributed by atoms with Gasteiger partial charge < -0.3 is 10.1 Å². The molecular formula is C21H25N3O3S. The largest absolute Gasteiger partial charge is 0.376 e. The van der Waals surface area contributed by atoms with Gasteiger partial charge in [0.15, 0.2) is 0 Å². The Kier molecular flexibility index (Phi) is 5.82. The summed E-state index contributed by atoms with van der Waals surface area (Å²) in [5.74, 6) is 0.149. The van der Waals surface area contributed by atoms with Gasteiger partial charge in [-0.05, 0) is 56.7 Å². The second-order valence-corrected chi connectivity index (χ2v) is 8.39. The summed E-state index contributed by atoms with van der Waals surface area (Å²) in [6, 6.07) is 7.71. The van der Waals surface area contributed by atoms with Gasteiger partial charge in [0.05, 0.1) is 18.4 Å². The van der Waals surface area contributed by atoms with Gasteiger partial charge in [0.2, 0.25) is 5.91 Å². The van der Waals surface area contributed by atoms with Crippen LogP contribution in [0.5, 0.6) is 0 Å². The second kappa shape index (κ2) is 8.49. The van der Waals surface area contributed by atoms with Gasteiger partial charge in [0.1, 0.15) is 5.03 Å². The molecule has 1 atom stereocenters. The molecule has 28 heavy (non-hydrogen) atoms. The first-order valence-electron chi connectivity index (χ1n) is 9.83. The average molecular weight is 400 g/mol. The van der Waals surface area contributed by atoms with Crippen LogP contribution in [0, 0.1) is 6.92 Å². The van der Waals surface area contributed by atoms with Crippen LogP contribution in [0.25, 0.3) is 0 Å². The number of carbonyl (C=O) groups excluding carboxylic acids is 1. The van der Waals surface area contributed by atoms with Gasteiger partial charge in [-0.25, -0.2) is 4.79 Å². The Morgan fingerprint density at radius 2 is 2.25 bits per heavy atom. The summed E-state index contributed by atoms with van der Waals surface area (Å²) in [6.45, 7) is 3.36. The molecular weight excluding hydrogens is 374 g/mol. The molecule has 1 saturated heterocycles. The van der Waals surface area contributed by atoms with Gasteiger partial charge in [-0.1, -0.05) is 23.9 Å². The minimum atomic E-state index is -0.224. The third kappa shape index (κ3) is 4.31. The molecule has 1 aliphatic carbocycles. The van der Waals surface area contributed by atoms with Crippen LogP contribution in [0.1, 0.15) is 36.1 Å². The van der Waals surface area contributed by atoms with Crippen LogP contribution in [-0.4, -0.2) is 33.9 Å². The van der Waals surface area contributed by atoms with Crippen molar-refractivity contribution in [3.63, 3.8) is 0 Å². The highest BCUT2D eigenvalue weighted by Crippen LogP contribution is 2.30. The molecule has 6 nitrogen and oxygen atoms in total. The standard InChI is InChI=1S/C21H25N3O3S/c1-14-5-2-6-15(11-14)22-19(25)13-28-20-17-8-3-9-18(17)24(21(26)23-20)12-16-7-4-10-27-16/h2,5-6,11,16H,3-4,7-10,12-13H2,1H3,(H,22,25)/t16-/m0/s1. The lowest BCUT2D eigenvalue weighted by Gasteiger charge is -2.17. The second-order valence-electron chi connectivity index (χ2n) is 7.43. The van der Waals surface area contributed by atoms with Gasteiger partial charge >= 0.3 is 5.69 Å². The SMILES string of the molecule is Cc1cccc(NC(=O)CSc2nc(=O)n(C[C@@H]3CCCO3)c3c2CCC3)c1. The van der Waals surface area contributed by atoms with Crippen LogP contribution in [0.2, 0.25) is 0 Å². The van der Waals surface area contributed by atoms with E-state index in [1.165, 1.54) is 11.8 Å². The lowest BCUT2D eigenvalue weighted by Crippen LogP contribution is -2.31. The predicted molar refractivity (Wildman–Crippen MR) is 110 cm³/mol. The number of amides is 1. The molecule has 0 unspecified atom stereocenters. The van der Waals surface area contributed by atoms with Crippen molar-refractivity contribution >= 4 is 23.4 Å². The maximum Gasteiger partial charge on any atom is 0.348 e. The Morgan fingerprint density at radius 1 is 1.36 bits per heavy atom. The number of carbonyl (C=O) groups is 1. The van der Waals surface area contributed by atoms with Crippen LogP contribution >= 0.6 is 11.8 Å². The van der Waals surface area contributed by atoms with Crippen LogP contribution in [-0.2, 0) is 28.9 Å². The summed E-state index contributed by atoms with van der Waals surface area (Å²) in [7, 11) is 0. The Bertz CT molecular complexity index is 935. The van der Waals surface area contributed by atoms with E-state index in [9.17, 15) is 9.59 Å². The quantitative estimate of drug-likeness (QED) is 0.597. The van der Waals surface area contributed by atoms with E-state index in [0.29, 0.717) is 11.6 Å². The van der Waals surface area contributed by atoms with E-state index in [1.807, 2.05) is 31.2 Å². The molecule has 0 bridgehead atoms. The molecule has 7 heteroatoms. The molecule has 2 heterocycles. The smallest absolute Gasteiger partial charge is 0.348 e. The van der Waals surface area contributed by atoms with Gasteiger partial charge in [-0.15, -0.1) is 0 Å². The van der Waals surface area contributed by atoms with E-state index in [2.05, 4.69) is 10.3 Å². The average Bonchev–Trinajstić information content (AvgIpc) is 3.34. The van der Waals surface area contributed by atoms with Gasteiger partial charge in [-0.2, -0.15) is 4.98 Å². The topological polar surface area (TPSA) is 73.2 Å². The zero-order valence-corrected chi connectivity index (χ0v) is 16.9. The monoisotopic (exact) mass is 399 g/mol. The molecule has 1 fully saturated rings. The van der Waals surface area contributed by atoms with Crippen molar-refractivity contribution in [1.82, 2.24) is 9.55 Å². The zero-order valence-electron chi connectivity index (χ0n) is 16.1. The van der Waals surface area contributed by atoms with Gasteiger partial charge in [0.25, 0.3) is 0 Å². The van der Waals surface area contributed by atoms with Crippen molar-refractivity contribution < 1.29 is 9.53 Å². The Balaban J connectivity index is 1.46. The molecule has 1 aromatic heterocycles. The summed E-state index contributed by atoms with van der Waals surface area (Å²) < 4.78 is 7.50. The first-order chi connectivity index (χ1) is 13.6. The fourth-order valence-electron chi connectivity index (χ4n) is 3.94. The third-order valence-corrected chi connectivity index (χ3v) is 6.27. The number of aromatic nitrogens is 2. The molecule has 1 aliphatic heterocycles. The fraction of sp³-hybridized carbons (Fsp3) is 0.476. The molecule has 0 saturated carbocycles. The predicted octanol–water partition coefficient (Wildman–Crippen LogP) is 2.95. The maximum absolute atomic E-state index is 12.6. The molecule has 0 radical (unpaired) electrons. The maximum atomic E-state index is 12.6. The Labute approximate surface area is 168 Å². The van der Waals surface area contributed by atoms with Crippen molar-refractivity contribution in [1.29, 1.82) is 0 Å². The third-order valence-electron chi connectivity index (χ3n) is 5.25. The molecule has 1 amide bonds. The van der Waals surface area contributed by atoms with Gasteiger partial charge in [-0.3, -0.25) is 9.36 Å². The van der Waals surface area contributed by atoms with Crippen LogP contribution in [0.3, 0.4) is 0 Å². The molecule has 2 aromatic rings. The van der Waals surface area contributed by atoms with E-state index in [1.54, 1.807) is 4.57 Å². The number of hydrogen-bond acceptors (Lipinski definition) is 5. The van der Waals surface area contributed by atoms with E-state index in [4.69, 9.17) is 4.74 Å². The highest BCUT2D eigenvalue weighted by Gasteiger charge is 2.25. The van der Waals surface area contributed by atoms with Crippen molar-refractivity contribution in [2.24, 2.45) is 0 Å². The van der Waals surface area contributed by atoms with Crippen molar-refractivity contribution in [3.8, 4) is 0 Å². The lowest BCUT2D eigenvalue weighted by atomic mass is 10.2. The number of aryl methyl sites for hydroxylation is 1. The first kappa shape index (κ1) is 19.2. The minimum absolute atomic E-state index is 0.0901. The van der Waals surface area contributed by atoms with E-state index in [-0.39, 0.29) is 23.5 Å². The van der Waals surface area contributed by atoms with E-state index < -0.39 is 0 Å². The Hall–Kier alpha value is -2.12. The molecule has 148 valence electrons. The highest BCUT2D eigenvalue weighted by molar-refractivity contribution is 8.00. The zero-order chi connectivity index (χ0) is 19.5. The number of anilines is 1. The number of rotatable bonds is 6. The lowest BCUT2D eigenvalue weighted by molar-refractivity contribution is -0.113. The van der Waals surface area contributed by atoms with E-state index >= 15 is 0 Å². The number of ether oxygens (including phenoxy) is 1. The fourth-order valence-corrected chi connectivity index (χ4v) is 4.82. The Morgan fingerprint density at radius 3 is 3.04 bits per heavy atom. The summed E-state index contributed by atoms with van der Waals surface area (Å²) in [6.07, 6.45) is 4.99. The first-order valence-corrected chi connectivity index (χ1v) is 10.8. The summed E-state index contributed by atoms with van der Waals surface area (Å²) in [5, 5.41) is 3.62. The number of nitrogens with zero attached hydrogens (tertiary/aromatic N) is 2. The number of thioether (sulfide) groups is 1. The van der Waals surface area contributed by atoms with Crippen molar-refractivity contribution in [3.05, 3.63) is 51.6 Å². The molecule has 1 aromatic carbocycles.